The number of aromatic nitrogens is 7. The number of rotatable bonds is 9. The number of carbonyl (C=O) groups excluding carboxylic acids is 2. The molecule has 0 saturated heterocycles. The van der Waals surface area contributed by atoms with E-state index in [4.69, 9.17) is 16.2 Å². The summed E-state index contributed by atoms with van der Waals surface area (Å²) >= 11 is 0. The van der Waals surface area contributed by atoms with Gasteiger partial charge in [0.2, 0.25) is 17.5 Å². The normalized spacial score (nSPS) is 11.2. The molecule has 0 aliphatic rings. The van der Waals surface area contributed by atoms with Crippen molar-refractivity contribution in [2.45, 2.75) is 13.2 Å². The zero-order chi connectivity index (χ0) is 24.1. The van der Waals surface area contributed by atoms with E-state index in [1.165, 1.54) is 22.7 Å². The summed E-state index contributed by atoms with van der Waals surface area (Å²) in [7, 11) is 1.44. The summed E-state index contributed by atoms with van der Waals surface area (Å²) in [5, 5.41) is 23.3. The molecule has 4 rings (SSSR count). The minimum atomic E-state index is -0.657. The third-order valence-corrected chi connectivity index (χ3v) is 4.48. The van der Waals surface area contributed by atoms with Gasteiger partial charge in [0.25, 0.3) is 5.91 Å². The first-order valence-corrected chi connectivity index (χ1v) is 9.74. The fourth-order valence-corrected chi connectivity index (χ4v) is 3.06. The lowest BCUT2D eigenvalue weighted by Gasteiger charge is -2.03. The average Bonchev–Trinajstić information content (AvgIpc) is 3.53. The Morgan fingerprint density at radius 2 is 2.06 bits per heavy atom. The molecule has 0 radical (unpaired) electrons. The van der Waals surface area contributed by atoms with Gasteiger partial charge >= 0.3 is 0 Å². The number of nitrogens with one attached hydrogen (secondary N) is 1. The lowest BCUT2D eigenvalue weighted by molar-refractivity contribution is -0.118. The molecular formula is C19H19N11O4. The summed E-state index contributed by atoms with van der Waals surface area (Å²) in [5.74, 6) is -1.17. The van der Waals surface area contributed by atoms with Crippen LogP contribution < -0.4 is 16.9 Å². The first-order chi connectivity index (χ1) is 16.5. The summed E-state index contributed by atoms with van der Waals surface area (Å²) in [4.78, 5) is 24.0. The minimum Gasteiger partial charge on any atom is -0.378 e. The average molecular weight is 465 g/mol. The highest BCUT2D eigenvalue weighted by Gasteiger charge is 2.23. The zero-order valence-corrected chi connectivity index (χ0v) is 17.8. The third kappa shape index (κ3) is 4.63. The SMILES string of the molecule is COCc1c(C(=O)N/N=C\c2cn(CC(N)=O)nc2-c2ccccc2)nnn1-c1nonc1N. The Morgan fingerprint density at radius 3 is 2.74 bits per heavy atom. The molecule has 0 unspecified atom stereocenters. The van der Waals surface area contributed by atoms with E-state index in [9.17, 15) is 9.59 Å². The summed E-state index contributed by atoms with van der Waals surface area (Å²) in [5.41, 5.74) is 15.5. The predicted octanol–water partition coefficient (Wildman–Crippen LogP) is -0.508. The molecule has 2 amide bonds. The minimum absolute atomic E-state index is 0.0240. The van der Waals surface area contributed by atoms with Gasteiger partial charge < -0.3 is 16.2 Å². The lowest BCUT2D eigenvalue weighted by Crippen LogP contribution is -2.20. The third-order valence-electron chi connectivity index (χ3n) is 4.48. The number of benzene rings is 1. The monoisotopic (exact) mass is 465 g/mol. The zero-order valence-electron chi connectivity index (χ0n) is 17.8. The Bertz CT molecular complexity index is 1340. The molecule has 0 saturated carbocycles. The second kappa shape index (κ2) is 9.70. The number of primary amides is 1. The number of amides is 2. The van der Waals surface area contributed by atoms with Crippen LogP contribution in [0, 0.1) is 0 Å². The fraction of sp³-hybridized carbons (Fsp3) is 0.158. The van der Waals surface area contributed by atoms with Crippen molar-refractivity contribution in [3.8, 4) is 17.1 Å². The molecule has 5 N–H and O–H groups in total. The molecule has 0 fully saturated rings. The summed E-state index contributed by atoms with van der Waals surface area (Å²) < 4.78 is 12.3. The number of hydrazone groups is 1. The molecule has 0 aliphatic carbocycles. The number of hydrogen-bond acceptors (Lipinski definition) is 11. The smallest absolute Gasteiger partial charge is 0.293 e. The molecule has 4 aromatic rings. The lowest BCUT2D eigenvalue weighted by atomic mass is 10.1. The fourth-order valence-electron chi connectivity index (χ4n) is 3.06. The van der Waals surface area contributed by atoms with Crippen molar-refractivity contribution in [3.63, 3.8) is 0 Å². The van der Waals surface area contributed by atoms with E-state index in [0.29, 0.717) is 11.3 Å². The van der Waals surface area contributed by atoms with Gasteiger partial charge in [-0.3, -0.25) is 14.3 Å². The van der Waals surface area contributed by atoms with Gasteiger partial charge in [0.15, 0.2) is 5.69 Å². The number of nitrogens with two attached hydrogens (primary N) is 2. The Morgan fingerprint density at radius 1 is 1.26 bits per heavy atom. The number of nitrogen functional groups attached to an aromatic ring is 1. The highest BCUT2D eigenvalue weighted by molar-refractivity contribution is 5.95. The van der Waals surface area contributed by atoms with E-state index < -0.39 is 11.8 Å². The number of methoxy groups -OCH3 is 1. The first-order valence-electron chi connectivity index (χ1n) is 9.74. The van der Waals surface area contributed by atoms with E-state index in [1.54, 1.807) is 6.20 Å². The van der Waals surface area contributed by atoms with Gasteiger partial charge in [-0.2, -0.15) is 14.9 Å². The van der Waals surface area contributed by atoms with Crippen LogP contribution in [0.15, 0.2) is 46.3 Å². The van der Waals surface area contributed by atoms with E-state index in [-0.39, 0.29) is 36.2 Å². The van der Waals surface area contributed by atoms with Crippen LogP contribution in [0.5, 0.6) is 0 Å². The van der Waals surface area contributed by atoms with Crippen molar-refractivity contribution in [1.29, 1.82) is 0 Å². The van der Waals surface area contributed by atoms with E-state index in [1.807, 2.05) is 30.3 Å². The van der Waals surface area contributed by atoms with Gasteiger partial charge in [-0.25, -0.2) is 10.1 Å². The number of anilines is 1. The largest absolute Gasteiger partial charge is 0.378 e. The maximum absolute atomic E-state index is 12.7. The van der Waals surface area contributed by atoms with Crippen LogP contribution in [0.2, 0.25) is 0 Å². The number of ether oxygens (including phenoxy) is 1. The molecule has 0 spiro atoms. The standard InChI is InChI=1S/C19H19N11O4/c1-33-10-13-16(23-28-30(13)18-17(21)26-34-27-18)19(32)24-22-7-12-8-29(9-14(20)31)25-15(12)11-5-3-2-4-6-11/h2-8H,9-10H2,1H3,(H2,20,31)(H2,21,26)(H,24,32)/b22-7-. The molecule has 3 heterocycles. The molecule has 34 heavy (non-hydrogen) atoms. The van der Waals surface area contributed by atoms with Crippen LogP contribution in [-0.2, 0) is 22.7 Å². The van der Waals surface area contributed by atoms with Crippen molar-refractivity contribution >= 4 is 23.8 Å². The number of hydrogen-bond donors (Lipinski definition) is 3. The highest BCUT2D eigenvalue weighted by Crippen LogP contribution is 2.21. The summed E-state index contributed by atoms with van der Waals surface area (Å²) in [6, 6.07) is 9.27. The van der Waals surface area contributed by atoms with Crippen molar-refractivity contribution in [1.82, 2.24) is 40.5 Å². The van der Waals surface area contributed by atoms with Gasteiger partial charge in [-0.1, -0.05) is 35.5 Å². The molecule has 15 nitrogen and oxygen atoms in total. The van der Waals surface area contributed by atoms with Crippen LogP contribution in [0.3, 0.4) is 0 Å². The highest BCUT2D eigenvalue weighted by atomic mass is 16.6. The quantitative estimate of drug-likeness (QED) is 0.213. The molecular weight excluding hydrogens is 446 g/mol. The van der Waals surface area contributed by atoms with Gasteiger partial charge in [0, 0.05) is 24.4 Å². The van der Waals surface area contributed by atoms with Crippen LogP contribution in [0.4, 0.5) is 5.82 Å². The van der Waals surface area contributed by atoms with E-state index in [2.05, 4.69) is 40.9 Å². The Kier molecular flexibility index (Phi) is 6.35. The molecule has 0 atom stereocenters. The first kappa shape index (κ1) is 22.3. The second-order valence-electron chi connectivity index (χ2n) is 6.86. The van der Waals surface area contributed by atoms with Crippen LogP contribution >= 0.6 is 0 Å². The van der Waals surface area contributed by atoms with Gasteiger partial charge in [0.1, 0.15) is 17.9 Å². The van der Waals surface area contributed by atoms with Crippen molar-refractivity contribution < 1.29 is 19.0 Å². The molecule has 0 aliphatic heterocycles. The van der Waals surface area contributed by atoms with E-state index >= 15 is 0 Å². The maximum atomic E-state index is 12.7. The summed E-state index contributed by atoms with van der Waals surface area (Å²) in [6.45, 7) is -0.132. The Hall–Kier alpha value is -4.92. The molecule has 15 heteroatoms. The van der Waals surface area contributed by atoms with Gasteiger partial charge in [-0.05, 0) is 10.3 Å². The molecule has 1 aromatic carbocycles. The van der Waals surface area contributed by atoms with Crippen molar-refractivity contribution in [3.05, 3.63) is 53.5 Å². The van der Waals surface area contributed by atoms with Crippen molar-refractivity contribution in [2.24, 2.45) is 10.8 Å². The second-order valence-corrected chi connectivity index (χ2v) is 6.86. The summed E-state index contributed by atoms with van der Waals surface area (Å²) in [6.07, 6.45) is 2.99. The molecule has 174 valence electrons. The number of carbonyl (C=O) groups is 2. The van der Waals surface area contributed by atoms with E-state index in [0.717, 1.165) is 5.56 Å². The predicted molar refractivity (Wildman–Crippen MR) is 116 cm³/mol. The van der Waals surface area contributed by atoms with Gasteiger partial charge in [-0.15, -0.1) is 5.10 Å². The maximum Gasteiger partial charge on any atom is 0.293 e. The Labute approximate surface area is 191 Å². The van der Waals surface area contributed by atoms with Crippen LogP contribution in [0.25, 0.3) is 17.1 Å². The van der Waals surface area contributed by atoms with Crippen molar-refractivity contribution in [2.75, 3.05) is 12.8 Å². The Balaban J connectivity index is 1.58. The molecule has 0 bridgehead atoms. The van der Waals surface area contributed by atoms with Crippen LogP contribution in [0.1, 0.15) is 21.7 Å². The van der Waals surface area contributed by atoms with Gasteiger partial charge in [0.05, 0.1) is 12.8 Å². The molecule has 3 aromatic heterocycles. The topological polar surface area (TPSA) is 207 Å². The number of nitrogens with zero attached hydrogens (tertiary/aromatic N) is 8. The van der Waals surface area contributed by atoms with Crippen LogP contribution in [-0.4, -0.2) is 60.2 Å².